The van der Waals surface area contributed by atoms with Gasteiger partial charge in [-0.15, -0.1) is 0 Å². The first-order valence-electron chi connectivity index (χ1n) is 6.59. The molecule has 23 heavy (non-hydrogen) atoms. The highest BCUT2D eigenvalue weighted by atomic mass is 35.5. The fraction of sp³-hybridized carbons (Fsp3) is 0.125. The van der Waals surface area contributed by atoms with Crippen LogP contribution < -0.4 is 5.32 Å². The van der Waals surface area contributed by atoms with Crippen LogP contribution in [0.1, 0.15) is 15.9 Å². The highest BCUT2D eigenvalue weighted by Crippen LogP contribution is 2.22. The third-order valence-corrected chi connectivity index (χ3v) is 3.60. The Morgan fingerprint density at radius 1 is 1.09 bits per heavy atom. The van der Waals surface area contributed by atoms with Crippen molar-refractivity contribution >= 4 is 35.1 Å². The number of esters is 1. The van der Waals surface area contributed by atoms with E-state index in [4.69, 9.17) is 27.9 Å². The van der Waals surface area contributed by atoms with Gasteiger partial charge in [0.2, 0.25) is 0 Å². The van der Waals surface area contributed by atoms with Gasteiger partial charge in [0.1, 0.15) is 19.0 Å². The molecule has 0 aliphatic carbocycles. The fourth-order valence-electron chi connectivity index (χ4n) is 1.73. The van der Waals surface area contributed by atoms with E-state index in [2.05, 4.69) is 5.32 Å². The first-order chi connectivity index (χ1) is 11.0. The molecule has 0 unspecified atom stereocenters. The predicted molar refractivity (Wildman–Crippen MR) is 85.0 cm³/mol. The molecule has 0 spiro atoms. The van der Waals surface area contributed by atoms with Gasteiger partial charge in [-0.3, -0.25) is 9.59 Å². The molecule has 2 aromatic carbocycles. The average molecular weight is 356 g/mol. The number of halogens is 3. The van der Waals surface area contributed by atoms with Crippen LogP contribution in [-0.4, -0.2) is 18.4 Å². The van der Waals surface area contributed by atoms with E-state index in [1.54, 1.807) is 18.2 Å². The molecule has 4 nitrogen and oxygen atoms in total. The molecule has 0 fully saturated rings. The van der Waals surface area contributed by atoms with Gasteiger partial charge in [-0.05, 0) is 35.9 Å². The molecule has 7 heteroatoms. The molecule has 0 saturated heterocycles. The Balaban J connectivity index is 1.81. The van der Waals surface area contributed by atoms with Gasteiger partial charge < -0.3 is 10.1 Å². The number of hydrogen-bond donors (Lipinski definition) is 1. The van der Waals surface area contributed by atoms with Crippen molar-refractivity contribution in [3.05, 3.63) is 69.5 Å². The number of carbonyl (C=O) groups excluding carboxylic acids is 2. The number of ether oxygens (including phenoxy) is 1. The molecule has 1 amide bonds. The number of hydrogen-bond acceptors (Lipinski definition) is 3. The van der Waals surface area contributed by atoms with Crippen LogP contribution in [0.25, 0.3) is 0 Å². The number of carbonyl (C=O) groups is 2. The largest absolute Gasteiger partial charge is 0.460 e. The molecule has 120 valence electrons. The van der Waals surface area contributed by atoms with Gasteiger partial charge in [0, 0.05) is 5.56 Å². The number of amides is 1. The molecule has 0 aliphatic heterocycles. The summed E-state index contributed by atoms with van der Waals surface area (Å²) >= 11 is 11.6. The molecule has 0 aliphatic rings. The Labute approximate surface area is 142 Å². The highest BCUT2D eigenvalue weighted by Gasteiger charge is 2.10. The quantitative estimate of drug-likeness (QED) is 0.833. The van der Waals surface area contributed by atoms with Crippen LogP contribution in [0.15, 0.2) is 42.5 Å². The third-order valence-electron chi connectivity index (χ3n) is 2.86. The minimum Gasteiger partial charge on any atom is -0.460 e. The maximum atomic E-state index is 13.0. The van der Waals surface area contributed by atoms with Gasteiger partial charge in [0.05, 0.1) is 10.0 Å². The van der Waals surface area contributed by atoms with Crippen molar-refractivity contribution in [3.63, 3.8) is 0 Å². The Hall–Kier alpha value is -2.11. The van der Waals surface area contributed by atoms with E-state index in [1.807, 2.05) is 0 Å². The van der Waals surface area contributed by atoms with Crippen LogP contribution in [0.4, 0.5) is 4.39 Å². The molecule has 0 bridgehead atoms. The van der Waals surface area contributed by atoms with Crippen LogP contribution in [0.5, 0.6) is 0 Å². The summed E-state index contributed by atoms with van der Waals surface area (Å²) in [6.07, 6.45) is 0. The van der Waals surface area contributed by atoms with Crippen molar-refractivity contribution in [1.82, 2.24) is 5.32 Å². The zero-order valence-corrected chi connectivity index (χ0v) is 13.3. The van der Waals surface area contributed by atoms with E-state index in [0.29, 0.717) is 15.6 Å². The summed E-state index contributed by atoms with van der Waals surface area (Å²) in [6, 6.07) is 10.0. The summed E-state index contributed by atoms with van der Waals surface area (Å²) in [5, 5.41) is 3.12. The van der Waals surface area contributed by atoms with Crippen molar-refractivity contribution in [2.45, 2.75) is 6.61 Å². The summed E-state index contributed by atoms with van der Waals surface area (Å²) in [7, 11) is 0. The van der Waals surface area contributed by atoms with Gasteiger partial charge >= 0.3 is 5.97 Å². The molecule has 0 saturated carbocycles. The maximum absolute atomic E-state index is 13.0. The third kappa shape index (κ3) is 5.23. The fourth-order valence-corrected chi connectivity index (χ4v) is 2.05. The lowest BCUT2D eigenvalue weighted by atomic mass is 10.2. The summed E-state index contributed by atoms with van der Waals surface area (Å²) in [4.78, 5) is 23.3. The van der Waals surface area contributed by atoms with Crippen molar-refractivity contribution in [2.75, 3.05) is 6.54 Å². The van der Waals surface area contributed by atoms with Crippen molar-refractivity contribution in [1.29, 1.82) is 0 Å². The van der Waals surface area contributed by atoms with Crippen LogP contribution in [0.2, 0.25) is 10.0 Å². The Morgan fingerprint density at radius 2 is 1.87 bits per heavy atom. The Morgan fingerprint density at radius 3 is 2.57 bits per heavy atom. The minimum absolute atomic E-state index is 0.00551. The summed E-state index contributed by atoms with van der Waals surface area (Å²) in [5.74, 6) is -1.71. The Kier molecular flexibility index (Phi) is 5.96. The molecule has 2 aromatic rings. The minimum atomic E-state index is -0.624. The van der Waals surface area contributed by atoms with E-state index < -0.39 is 17.7 Å². The van der Waals surface area contributed by atoms with E-state index >= 15 is 0 Å². The van der Waals surface area contributed by atoms with Gasteiger partial charge in [-0.25, -0.2) is 4.39 Å². The molecule has 0 heterocycles. The van der Waals surface area contributed by atoms with Crippen LogP contribution in [0.3, 0.4) is 0 Å². The molecule has 0 aromatic heterocycles. The topological polar surface area (TPSA) is 55.4 Å². The van der Waals surface area contributed by atoms with E-state index in [0.717, 1.165) is 6.07 Å². The number of nitrogens with one attached hydrogen (secondary N) is 1. The Bertz CT molecular complexity index is 737. The van der Waals surface area contributed by atoms with Gasteiger partial charge in [0.15, 0.2) is 0 Å². The average Bonchev–Trinajstić information content (AvgIpc) is 2.53. The summed E-state index contributed by atoms with van der Waals surface area (Å²) in [6.45, 7) is -0.317. The van der Waals surface area contributed by atoms with Gasteiger partial charge in [-0.2, -0.15) is 0 Å². The first kappa shape index (κ1) is 17.2. The van der Waals surface area contributed by atoms with E-state index in [1.165, 1.54) is 18.2 Å². The second-order valence-electron chi connectivity index (χ2n) is 4.60. The monoisotopic (exact) mass is 355 g/mol. The van der Waals surface area contributed by atoms with Crippen molar-refractivity contribution < 1.29 is 18.7 Å². The summed E-state index contributed by atoms with van der Waals surface area (Å²) < 4.78 is 18.0. The molecule has 0 atom stereocenters. The zero-order valence-electron chi connectivity index (χ0n) is 11.8. The maximum Gasteiger partial charge on any atom is 0.325 e. The van der Waals surface area contributed by atoms with E-state index in [9.17, 15) is 14.0 Å². The van der Waals surface area contributed by atoms with Crippen molar-refractivity contribution in [2.24, 2.45) is 0 Å². The first-order valence-corrected chi connectivity index (χ1v) is 7.34. The second kappa shape index (κ2) is 7.94. The molecule has 1 N–H and O–H groups in total. The molecular formula is C16H12Cl2FNO3. The van der Waals surface area contributed by atoms with E-state index in [-0.39, 0.29) is 18.7 Å². The zero-order chi connectivity index (χ0) is 16.8. The van der Waals surface area contributed by atoms with Crippen LogP contribution >= 0.6 is 23.2 Å². The van der Waals surface area contributed by atoms with Crippen LogP contribution in [-0.2, 0) is 16.1 Å². The van der Waals surface area contributed by atoms with Gasteiger partial charge in [-0.1, -0.05) is 35.3 Å². The molecule has 0 radical (unpaired) electrons. The van der Waals surface area contributed by atoms with Crippen molar-refractivity contribution in [3.8, 4) is 0 Å². The lowest BCUT2D eigenvalue weighted by molar-refractivity contribution is -0.143. The SMILES string of the molecule is O=C(CNC(=O)c1cccc(F)c1)OCc1ccc(Cl)c(Cl)c1. The van der Waals surface area contributed by atoms with Crippen LogP contribution in [0, 0.1) is 5.82 Å². The number of benzene rings is 2. The lowest BCUT2D eigenvalue weighted by Crippen LogP contribution is -2.30. The standard InChI is InChI=1S/C16H12Cl2FNO3/c17-13-5-4-10(6-14(13)18)9-23-15(21)8-20-16(22)11-2-1-3-12(19)7-11/h1-7H,8-9H2,(H,20,22). The lowest BCUT2D eigenvalue weighted by Gasteiger charge is -2.07. The second-order valence-corrected chi connectivity index (χ2v) is 5.42. The predicted octanol–water partition coefficient (Wildman–Crippen LogP) is 3.61. The summed E-state index contributed by atoms with van der Waals surface area (Å²) in [5.41, 5.74) is 0.798. The van der Waals surface area contributed by atoms with Gasteiger partial charge in [0.25, 0.3) is 5.91 Å². The molecular weight excluding hydrogens is 344 g/mol. The highest BCUT2D eigenvalue weighted by molar-refractivity contribution is 6.42. The number of rotatable bonds is 5. The smallest absolute Gasteiger partial charge is 0.325 e. The molecule has 2 rings (SSSR count). The normalized spacial score (nSPS) is 10.2.